The van der Waals surface area contributed by atoms with Crippen LogP contribution in [0.15, 0.2) is 65.7 Å². The van der Waals surface area contributed by atoms with Gasteiger partial charge in [0.05, 0.1) is 10.4 Å². The highest BCUT2D eigenvalue weighted by molar-refractivity contribution is 7.90. The molecule has 3 rings (SSSR count). The average molecular weight is 301 g/mol. The lowest BCUT2D eigenvalue weighted by Gasteiger charge is -2.08. The zero-order valence-electron chi connectivity index (χ0n) is 10.9. The van der Waals surface area contributed by atoms with E-state index in [1.165, 1.54) is 18.3 Å². The van der Waals surface area contributed by atoms with E-state index in [-0.39, 0.29) is 10.4 Å². The van der Waals surface area contributed by atoms with Crippen LogP contribution in [0.25, 0.3) is 10.9 Å². The Kier molecular flexibility index (Phi) is 3.33. The Bertz CT molecular complexity index is 888. The highest BCUT2D eigenvalue weighted by Crippen LogP contribution is 2.21. The standard InChI is InChI=1S/C14H12BNO4S/c17-15(18)13-7-4-8-14-12(13)9-10-16(14)21(19,20)11-5-2-1-3-6-11/h1-10,17-18H. The van der Waals surface area contributed by atoms with E-state index < -0.39 is 17.1 Å². The molecule has 0 unspecified atom stereocenters. The van der Waals surface area contributed by atoms with Crippen molar-refractivity contribution < 1.29 is 18.5 Å². The van der Waals surface area contributed by atoms with Crippen LogP contribution in [0.4, 0.5) is 0 Å². The molecule has 1 aromatic heterocycles. The summed E-state index contributed by atoms with van der Waals surface area (Å²) in [6.07, 6.45) is 1.42. The SMILES string of the molecule is O=S(=O)(c1ccccc1)n1ccc2c(B(O)O)cccc21. The third-order valence-corrected chi connectivity index (χ3v) is 5.01. The molecule has 0 atom stereocenters. The van der Waals surface area contributed by atoms with Crippen molar-refractivity contribution >= 4 is 33.5 Å². The third-order valence-electron chi connectivity index (χ3n) is 3.31. The second kappa shape index (κ2) is 5.03. The molecule has 0 saturated heterocycles. The molecule has 2 N–H and O–H groups in total. The molecular weight excluding hydrogens is 289 g/mol. The quantitative estimate of drug-likeness (QED) is 0.693. The molecule has 0 saturated carbocycles. The summed E-state index contributed by atoms with van der Waals surface area (Å²) in [6, 6.07) is 14.4. The topological polar surface area (TPSA) is 79.5 Å². The van der Waals surface area contributed by atoms with E-state index in [4.69, 9.17) is 0 Å². The van der Waals surface area contributed by atoms with Crippen LogP contribution in [0.3, 0.4) is 0 Å². The maximum Gasteiger partial charge on any atom is 0.489 e. The van der Waals surface area contributed by atoms with Gasteiger partial charge in [-0.05, 0) is 29.7 Å². The van der Waals surface area contributed by atoms with Crippen LogP contribution in [-0.2, 0) is 10.0 Å². The minimum absolute atomic E-state index is 0.178. The third kappa shape index (κ3) is 2.25. The van der Waals surface area contributed by atoms with Gasteiger partial charge in [0.1, 0.15) is 0 Å². The number of rotatable bonds is 3. The summed E-state index contributed by atoms with van der Waals surface area (Å²) in [5, 5.41) is 19.2. The smallest absolute Gasteiger partial charge is 0.423 e. The number of nitrogens with zero attached hydrogens (tertiary/aromatic N) is 1. The fourth-order valence-electron chi connectivity index (χ4n) is 2.31. The average Bonchev–Trinajstić information content (AvgIpc) is 2.92. The van der Waals surface area contributed by atoms with Crippen molar-refractivity contribution in [2.24, 2.45) is 0 Å². The van der Waals surface area contributed by atoms with E-state index in [2.05, 4.69) is 0 Å². The highest BCUT2D eigenvalue weighted by atomic mass is 32.2. The monoisotopic (exact) mass is 301 g/mol. The van der Waals surface area contributed by atoms with Crippen molar-refractivity contribution in [3.8, 4) is 0 Å². The molecule has 0 spiro atoms. The molecule has 3 aromatic rings. The van der Waals surface area contributed by atoms with Gasteiger partial charge in [-0.1, -0.05) is 30.3 Å². The number of hydrogen-bond donors (Lipinski definition) is 2. The van der Waals surface area contributed by atoms with E-state index >= 15 is 0 Å². The van der Waals surface area contributed by atoms with Crippen molar-refractivity contribution in [2.75, 3.05) is 0 Å². The van der Waals surface area contributed by atoms with Gasteiger partial charge >= 0.3 is 7.12 Å². The Labute approximate surface area is 122 Å². The molecule has 0 bridgehead atoms. The molecule has 2 aromatic carbocycles. The van der Waals surface area contributed by atoms with E-state index in [1.807, 2.05) is 0 Å². The van der Waals surface area contributed by atoms with Crippen molar-refractivity contribution in [1.82, 2.24) is 3.97 Å². The number of fused-ring (bicyclic) bond motifs is 1. The molecular formula is C14H12BNO4S. The first-order chi connectivity index (χ1) is 10.0. The van der Waals surface area contributed by atoms with Gasteiger partial charge in [-0.15, -0.1) is 0 Å². The molecule has 7 heteroatoms. The summed E-state index contributed by atoms with van der Waals surface area (Å²) < 4.78 is 26.4. The zero-order chi connectivity index (χ0) is 15.0. The summed E-state index contributed by atoms with van der Waals surface area (Å²) in [4.78, 5) is 0.178. The van der Waals surface area contributed by atoms with Gasteiger partial charge in [0, 0.05) is 11.6 Å². The van der Waals surface area contributed by atoms with Gasteiger partial charge in [-0.2, -0.15) is 0 Å². The predicted molar refractivity (Wildman–Crippen MR) is 80.8 cm³/mol. The Hall–Kier alpha value is -2.09. The second-order valence-corrected chi connectivity index (χ2v) is 6.40. The van der Waals surface area contributed by atoms with Crippen LogP contribution in [0.1, 0.15) is 0 Å². The van der Waals surface area contributed by atoms with Gasteiger partial charge in [0.25, 0.3) is 10.0 Å². The fourth-order valence-corrected chi connectivity index (χ4v) is 3.67. The summed E-state index contributed by atoms with van der Waals surface area (Å²) >= 11 is 0. The summed E-state index contributed by atoms with van der Waals surface area (Å²) in [5.41, 5.74) is 0.680. The molecule has 0 radical (unpaired) electrons. The second-order valence-electron chi connectivity index (χ2n) is 4.58. The molecule has 1 heterocycles. The lowest BCUT2D eigenvalue weighted by Crippen LogP contribution is -2.30. The Morgan fingerprint density at radius 1 is 0.905 bits per heavy atom. The number of benzene rings is 2. The molecule has 106 valence electrons. The molecule has 0 aliphatic heterocycles. The summed E-state index contributed by atoms with van der Waals surface area (Å²) in [7, 11) is -5.36. The maximum atomic E-state index is 12.6. The molecule has 0 aliphatic carbocycles. The summed E-state index contributed by atoms with van der Waals surface area (Å²) in [6.45, 7) is 0. The lowest BCUT2D eigenvalue weighted by atomic mass is 9.78. The van der Waals surface area contributed by atoms with Crippen LogP contribution in [0.2, 0.25) is 0 Å². The van der Waals surface area contributed by atoms with Gasteiger partial charge in [-0.3, -0.25) is 0 Å². The Balaban J connectivity index is 2.25. The van der Waals surface area contributed by atoms with Gasteiger partial charge in [0.2, 0.25) is 0 Å². The van der Waals surface area contributed by atoms with Crippen molar-refractivity contribution in [2.45, 2.75) is 4.90 Å². The first-order valence-corrected chi connectivity index (χ1v) is 7.72. The maximum absolute atomic E-state index is 12.6. The van der Waals surface area contributed by atoms with Crippen molar-refractivity contribution in [3.05, 3.63) is 60.8 Å². The lowest BCUT2D eigenvalue weighted by molar-refractivity contribution is 0.426. The van der Waals surface area contributed by atoms with Crippen LogP contribution in [0.5, 0.6) is 0 Å². The van der Waals surface area contributed by atoms with Gasteiger partial charge in [0.15, 0.2) is 0 Å². The first kappa shape index (κ1) is 13.9. The van der Waals surface area contributed by atoms with Crippen molar-refractivity contribution in [1.29, 1.82) is 0 Å². The van der Waals surface area contributed by atoms with Crippen LogP contribution < -0.4 is 5.46 Å². The molecule has 5 nitrogen and oxygen atoms in total. The Morgan fingerprint density at radius 3 is 2.29 bits per heavy atom. The van der Waals surface area contributed by atoms with Crippen LogP contribution in [0, 0.1) is 0 Å². The zero-order valence-corrected chi connectivity index (χ0v) is 11.7. The van der Waals surface area contributed by atoms with Gasteiger partial charge in [-0.25, -0.2) is 12.4 Å². The minimum atomic E-state index is -3.71. The predicted octanol–water partition coefficient (Wildman–Crippen LogP) is 0.558. The van der Waals surface area contributed by atoms with E-state index in [0.717, 1.165) is 3.97 Å². The largest absolute Gasteiger partial charge is 0.489 e. The van der Waals surface area contributed by atoms with E-state index in [0.29, 0.717) is 10.9 Å². The van der Waals surface area contributed by atoms with Crippen LogP contribution in [-0.4, -0.2) is 29.6 Å². The number of aromatic nitrogens is 1. The number of hydrogen-bond acceptors (Lipinski definition) is 4. The molecule has 0 fully saturated rings. The normalized spacial score (nSPS) is 11.7. The molecule has 0 aliphatic rings. The van der Waals surface area contributed by atoms with Crippen LogP contribution >= 0.6 is 0 Å². The molecule has 21 heavy (non-hydrogen) atoms. The fraction of sp³-hybridized carbons (Fsp3) is 0. The van der Waals surface area contributed by atoms with E-state index in [9.17, 15) is 18.5 Å². The summed E-state index contributed by atoms with van der Waals surface area (Å²) in [5.74, 6) is 0. The van der Waals surface area contributed by atoms with Crippen molar-refractivity contribution in [3.63, 3.8) is 0 Å². The highest BCUT2D eigenvalue weighted by Gasteiger charge is 2.21. The molecule has 0 amide bonds. The minimum Gasteiger partial charge on any atom is -0.423 e. The first-order valence-electron chi connectivity index (χ1n) is 6.28. The Morgan fingerprint density at radius 2 is 1.62 bits per heavy atom. The van der Waals surface area contributed by atoms with E-state index in [1.54, 1.807) is 42.5 Å². The van der Waals surface area contributed by atoms with Gasteiger partial charge < -0.3 is 10.0 Å².